The number of hydrogen-bond acceptors (Lipinski definition) is 4. The molecule has 24 heavy (non-hydrogen) atoms. The van der Waals surface area contributed by atoms with E-state index in [0.29, 0.717) is 18.8 Å². The van der Waals surface area contributed by atoms with Crippen LogP contribution in [-0.2, 0) is 13.6 Å². The van der Waals surface area contributed by atoms with Gasteiger partial charge < -0.3 is 9.88 Å². The number of aromatic nitrogens is 5. The maximum Gasteiger partial charge on any atom is 0.269 e. The zero-order valence-corrected chi connectivity index (χ0v) is 14.0. The van der Waals surface area contributed by atoms with E-state index in [0.717, 1.165) is 22.8 Å². The summed E-state index contributed by atoms with van der Waals surface area (Å²) in [6.07, 6.45) is 5.33. The Kier molecular flexibility index (Phi) is 4.41. The molecule has 0 radical (unpaired) electrons. The second-order valence-electron chi connectivity index (χ2n) is 5.66. The Balaban J connectivity index is 1.68. The molecule has 0 saturated carbocycles. The smallest absolute Gasteiger partial charge is 0.269 e. The van der Waals surface area contributed by atoms with E-state index in [1.54, 1.807) is 30.2 Å². The third kappa shape index (κ3) is 3.19. The van der Waals surface area contributed by atoms with Crippen LogP contribution in [0.1, 0.15) is 21.9 Å². The molecule has 0 aliphatic rings. The van der Waals surface area contributed by atoms with Crippen LogP contribution in [0.2, 0.25) is 0 Å². The fourth-order valence-electron chi connectivity index (χ4n) is 2.67. The largest absolute Gasteiger partial charge is 0.349 e. The van der Waals surface area contributed by atoms with Gasteiger partial charge in [-0.2, -0.15) is 5.10 Å². The van der Waals surface area contributed by atoms with Gasteiger partial charge in [0.1, 0.15) is 11.5 Å². The lowest BCUT2D eigenvalue weighted by Crippen LogP contribution is -2.29. The standard InChI is InChI=1S/C17H20N6O/c1-12-10-15(22(3)21-12)17(24)19-8-9-23-13(2)11-20-16(23)14-4-6-18-7-5-14/h4-7,10-11H,8-9H2,1-3H3,(H,19,24). The van der Waals surface area contributed by atoms with Crippen LogP contribution in [0, 0.1) is 13.8 Å². The summed E-state index contributed by atoms with van der Waals surface area (Å²) in [5.41, 5.74) is 3.44. The summed E-state index contributed by atoms with van der Waals surface area (Å²) in [4.78, 5) is 20.7. The van der Waals surface area contributed by atoms with Crippen molar-refractivity contribution < 1.29 is 4.79 Å². The van der Waals surface area contributed by atoms with Crippen LogP contribution < -0.4 is 5.32 Å². The summed E-state index contributed by atoms with van der Waals surface area (Å²) in [6, 6.07) is 5.63. The van der Waals surface area contributed by atoms with Crippen LogP contribution in [0.25, 0.3) is 11.4 Å². The van der Waals surface area contributed by atoms with Crippen molar-refractivity contribution in [3.63, 3.8) is 0 Å². The number of rotatable bonds is 5. The van der Waals surface area contributed by atoms with E-state index in [9.17, 15) is 4.79 Å². The predicted octanol–water partition coefficient (Wildman–Crippen LogP) is 1.73. The molecule has 0 bridgehead atoms. The van der Waals surface area contributed by atoms with Gasteiger partial charge in [-0.05, 0) is 32.0 Å². The third-order valence-electron chi connectivity index (χ3n) is 3.85. The normalized spacial score (nSPS) is 10.8. The minimum absolute atomic E-state index is 0.124. The molecule has 0 aromatic carbocycles. The molecule has 0 saturated heterocycles. The monoisotopic (exact) mass is 324 g/mol. The molecule has 1 amide bonds. The summed E-state index contributed by atoms with van der Waals surface area (Å²) in [5, 5.41) is 7.13. The van der Waals surface area contributed by atoms with Gasteiger partial charge in [0.2, 0.25) is 0 Å². The number of aryl methyl sites for hydroxylation is 3. The Morgan fingerprint density at radius 3 is 2.67 bits per heavy atom. The summed E-state index contributed by atoms with van der Waals surface area (Å²) in [7, 11) is 1.77. The van der Waals surface area contributed by atoms with Gasteiger partial charge in [-0.25, -0.2) is 4.98 Å². The lowest BCUT2D eigenvalue weighted by atomic mass is 10.2. The number of pyridine rings is 1. The number of imidazole rings is 1. The number of amides is 1. The molecule has 0 atom stereocenters. The first-order valence-electron chi connectivity index (χ1n) is 7.77. The van der Waals surface area contributed by atoms with Crippen molar-refractivity contribution in [1.82, 2.24) is 29.6 Å². The van der Waals surface area contributed by atoms with Crippen molar-refractivity contribution in [2.24, 2.45) is 7.05 Å². The van der Waals surface area contributed by atoms with Crippen LogP contribution in [0.4, 0.5) is 0 Å². The molecule has 3 heterocycles. The van der Waals surface area contributed by atoms with E-state index in [4.69, 9.17) is 0 Å². The summed E-state index contributed by atoms with van der Waals surface area (Å²) < 4.78 is 3.68. The van der Waals surface area contributed by atoms with Gasteiger partial charge in [0, 0.05) is 50.0 Å². The Morgan fingerprint density at radius 2 is 2.00 bits per heavy atom. The first-order valence-corrected chi connectivity index (χ1v) is 7.77. The molecule has 7 nitrogen and oxygen atoms in total. The highest BCUT2D eigenvalue weighted by molar-refractivity contribution is 5.92. The van der Waals surface area contributed by atoms with E-state index < -0.39 is 0 Å². The van der Waals surface area contributed by atoms with Crippen molar-refractivity contribution in [2.45, 2.75) is 20.4 Å². The van der Waals surface area contributed by atoms with Gasteiger partial charge in [0.25, 0.3) is 5.91 Å². The highest BCUT2D eigenvalue weighted by atomic mass is 16.2. The number of carbonyl (C=O) groups is 1. The topological polar surface area (TPSA) is 77.6 Å². The minimum Gasteiger partial charge on any atom is -0.349 e. The Bertz CT molecular complexity index is 849. The van der Waals surface area contributed by atoms with Crippen LogP contribution >= 0.6 is 0 Å². The molecule has 0 spiro atoms. The fraction of sp³-hybridized carbons (Fsp3) is 0.294. The first-order chi connectivity index (χ1) is 11.6. The summed E-state index contributed by atoms with van der Waals surface area (Å²) >= 11 is 0. The zero-order valence-electron chi connectivity index (χ0n) is 14.0. The van der Waals surface area contributed by atoms with Crippen LogP contribution in [0.15, 0.2) is 36.8 Å². The second kappa shape index (κ2) is 6.66. The van der Waals surface area contributed by atoms with E-state index in [-0.39, 0.29) is 5.91 Å². The molecule has 3 aromatic rings. The van der Waals surface area contributed by atoms with Gasteiger partial charge >= 0.3 is 0 Å². The number of nitrogens with zero attached hydrogens (tertiary/aromatic N) is 5. The molecular weight excluding hydrogens is 304 g/mol. The molecule has 7 heteroatoms. The van der Waals surface area contributed by atoms with Gasteiger partial charge in [0.15, 0.2) is 0 Å². The molecule has 3 rings (SSSR count). The Morgan fingerprint density at radius 1 is 1.25 bits per heavy atom. The van der Waals surface area contributed by atoms with Gasteiger partial charge in [-0.3, -0.25) is 14.5 Å². The average Bonchev–Trinajstić information content (AvgIpc) is 3.10. The van der Waals surface area contributed by atoms with Crippen molar-refractivity contribution in [2.75, 3.05) is 6.54 Å². The lowest BCUT2D eigenvalue weighted by Gasteiger charge is -2.11. The molecule has 1 N–H and O–H groups in total. The number of hydrogen-bond donors (Lipinski definition) is 1. The van der Waals surface area contributed by atoms with Crippen LogP contribution in [0.3, 0.4) is 0 Å². The zero-order chi connectivity index (χ0) is 17.1. The average molecular weight is 324 g/mol. The van der Waals surface area contributed by atoms with Crippen molar-refractivity contribution in [1.29, 1.82) is 0 Å². The van der Waals surface area contributed by atoms with Gasteiger partial charge in [-0.1, -0.05) is 0 Å². The van der Waals surface area contributed by atoms with Gasteiger partial charge in [0.05, 0.1) is 5.69 Å². The molecule has 0 fully saturated rings. The fourth-order valence-corrected chi connectivity index (χ4v) is 2.67. The number of nitrogens with one attached hydrogen (secondary N) is 1. The predicted molar refractivity (Wildman–Crippen MR) is 90.5 cm³/mol. The number of carbonyl (C=O) groups excluding carboxylic acids is 1. The van der Waals surface area contributed by atoms with E-state index in [1.807, 2.05) is 32.2 Å². The first kappa shape index (κ1) is 15.9. The lowest BCUT2D eigenvalue weighted by molar-refractivity contribution is 0.0943. The molecular formula is C17H20N6O. The van der Waals surface area contributed by atoms with E-state index in [2.05, 4.69) is 25.0 Å². The summed E-state index contributed by atoms with van der Waals surface area (Å²) in [6.45, 7) is 5.03. The molecule has 0 aliphatic heterocycles. The van der Waals surface area contributed by atoms with E-state index >= 15 is 0 Å². The molecule has 3 aromatic heterocycles. The van der Waals surface area contributed by atoms with Crippen molar-refractivity contribution in [3.8, 4) is 11.4 Å². The molecule has 0 unspecified atom stereocenters. The Hall–Kier alpha value is -2.96. The second-order valence-corrected chi connectivity index (χ2v) is 5.66. The van der Waals surface area contributed by atoms with Crippen molar-refractivity contribution in [3.05, 3.63) is 53.9 Å². The highest BCUT2D eigenvalue weighted by Gasteiger charge is 2.13. The quantitative estimate of drug-likeness (QED) is 0.775. The van der Waals surface area contributed by atoms with Gasteiger partial charge in [-0.15, -0.1) is 0 Å². The Labute approximate surface area is 140 Å². The minimum atomic E-state index is -0.124. The maximum absolute atomic E-state index is 12.2. The van der Waals surface area contributed by atoms with Crippen LogP contribution in [-0.4, -0.2) is 36.8 Å². The van der Waals surface area contributed by atoms with Crippen LogP contribution in [0.5, 0.6) is 0 Å². The molecule has 0 aliphatic carbocycles. The third-order valence-corrected chi connectivity index (χ3v) is 3.85. The highest BCUT2D eigenvalue weighted by Crippen LogP contribution is 2.18. The van der Waals surface area contributed by atoms with Crippen molar-refractivity contribution >= 4 is 5.91 Å². The van der Waals surface area contributed by atoms with E-state index in [1.165, 1.54) is 0 Å². The molecule has 124 valence electrons. The summed E-state index contributed by atoms with van der Waals surface area (Å²) in [5.74, 6) is 0.752. The SMILES string of the molecule is Cc1cc(C(=O)NCCn2c(C)cnc2-c2ccncc2)n(C)n1. The maximum atomic E-state index is 12.2.